The molecule has 2 fully saturated rings. The maximum Gasteiger partial charge on any atom is 0.226 e. The number of amides is 1. The van der Waals surface area contributed by atoms with Crippen LogP contribution in [0, 0.1) is 11.3 Å². The number of aliphatic hydroxyl groups excluding tert-OH is 1. The van der Waals surface area contributed by atoms with Crippen LogP contribution in [0.3, 0.4) is 0 Å². The summed E-state index contributed by atoms with van der Waals surface area (Å²) in [4.78, 5) is 13.9. The van der Waals surface area contributed by atoms with Gasteiger partial charge in [-0.3, -0.25) is 4.79 Å². The summed E-state index contributed by atoms with van der Waals surface area (Å²) in [7, 11) is 1.80. The lowest BCUT2D eigenvalue weighted by atomic mass is 9.91. The number of hydrogen-bond donors (Lipinski definition) is 2. The summed E-state index contributed by atoms with van der Waals surface area (Å²) in [6, 6.07) is -0.0631. The maximum absolute atomic E-state index is 12.2. The van der Waals surface area contributed by atoms with Crippen LogP contribution in [-0.4, -0.2) is 48.7 Å². The predicted molar refractivity (Wildman–Crippen MR) is 62.0 cm³/mol. The first-order valence-electron chi connectivity index (χ1n) is 6.19. The van der Waals surface area contributed by atoms with E-state index in [-0.39, 0.29) is 24.5 Å². The zero-order valence-electron chi connectivity index (χ0n) is 10.2. The van der Waals surface area contributed by atoms with E-state index >= 15 is 0 Å². The Morgan fingerprint density at radius 2 is 2.19 bits per heavy atom. The average Bonchev–Trinajstić information content (AvgIpc) is 3.00. The number of rotatable bonds is 3. The van der Waals surface area contributed by atoms with Crippen molar-refractivity contribution >= 4 is 5.91 Å². The van der Waals surface area contributed by atoms with Crippen LogP contribution in [0.5, 0.6) is 0 Å². The van der Waals surface area contributed by atoms with Crippen molar-refractivity contribution < 1.29 is 9.90 Å². The van der Waals surface area contributed by atoms with Crippen LogP contribution in [-0.2, 0) is 4.79 Å². The first kappa shape index (κ1) is 11.9. The first-order valence-corrected chi connectivity index (χ1v) is 6.19. The Kier molecular flexibility index (Phi) is 3.22. The number of likely N-dealkylation sites (N-methyl/N-ethyl adjacent to an activating group) is 1. The highest BCUT2D eigenvalue weighted by molar-refractivity contribution is 5.82. The summed E-state index contributed by atoms with van der Waals surface area (Å²) in [5, 5.41) is 12.4. The summed E-state index contributed by atoms with van der Waals surface area (Å²) < 4.78 is 0. The molecule has 92 valence electrons. The fourth-order valence-corrected chi connectivity index (χ4v) is 2.76. The Hall–Kier alpha value is -0.610. The van der Waals surface area contributed by atoms with Crippen molar-refractivity contribution in [2.45, 2.75) is 32.2 Å². The lowest BCUT2D eigenvalue weighted by Gasteiger charge is -2.27. The highest BCUT2D eigenvalue weighted by Crippen LogP contribution is 2.59. The Balaban J connectivity index is 1.92. The first-order chi connectivity index (χ1) is 7.60. The third-order valence-corrected chi connectivity index (χ3v) is 4.36. The van der Waals surface area contributed by atoms with E-state index < -0.39 is 0 Å². The van der Waals surface area contributed by atoms with Crippen molar-refractivity contribution in [1.29, 1.82) is 0 Å². The van der Waals surface area contributed by atoms with Gasteiger partial charge in [-0.05, 0) is 44.7 Å². The maximum atomic E-state index is 12.2. The molecule has 4 heteroatoms. The molecule has 2 N–H and O–H groups in total. The summed E-state index contributed by atoms with van der Waals surface area (Å²) in [5.41, 5.74) is 0.297. The van der Waals surface area contributed by atoms with E-state index in [0.717, 1.165) is 32.4 Å². The molecular weight excluding hydrogens is 204 g/mol. The smallest absolute Gasteiger partial charge is 0.226 e. The van der Waals surface area contributed by atoms with Gasteiger partial charge < -0.3 is 15.3 Å². The fourth-order valence-electron chi connectivity index (χ4n) is 2.76. The summed E-state index contributed by atoms with van der Waals surface area (Å²) in [6.45, 7) is 4.02. The molecule has 4 nitrogen and oxygen atoms in total. The third-order valence-electron chi connectivity index (χ3n) is 4.36. The molecule has 0 bridgehead atoms. The van der Waals surface area contributed by atoms with Crippen LogP contribution < -0.4 is 5.32 Å². The molecule has 0 radical (unpaired) electrons. The number of piperidine rings is 1. The molecule has 2 atom stereocenters. The zero-order chi connectivity index (χ0) is 11.8. The van der Waals surface area contributed by atoms with E-state index in [1.54, 1.807) is 11.9 Å². The largest absolute Gasteiger partial charge is 0.394 e. The van der Waals surface area contributed by atoms with Crippen molar-refractivity contribution in [2.24, 2.45) is 11.3 Å². The zero-order valence-corrected chi connectivity index (χ0v) is 10.2. The summed E-state index contributed by atoms with van der Waals surface area (Å²) in [5.74, 6) is 0.442. The van der Waals surface area contributed by atoms with Gasteiger partial charge in [-0.1, -0.05) is 0 Å². The molecule has 0 aromatic carbocycles. The molecule has 1 heterocycles. The van der Waals surface area contributed by atoms with Gasteiger partial charge in [0.25, 0.3) is 0 Å². The fraction of sp³-hybridized carbons (Fsp3) is 0.917. The normalized spacial score (nSPS) is 28.8. The predicted octanol–water partition coefficient (Wildman–Crippen LogP) is 0.215. The second-order valence-electron chi connectivity index (χ2n) is 5.35. The molecule has 1 saturated carbocycles. The van der Waals surface area contributed by atoms with Gasteiger partial charge in [-0.15, -0.1) is 0 Å². The van der Waals surface area contributed by atoms with Crippen LogP contribution in [0.2, 0.25) is 0 Å². The van der Waals surface area contributed by atoms with Crippen LogP contribution >= 0.6 is 0 Å². The van der Waals surface area contributed by atoms with Gasteiger partial charge in [-0.25, -0.2) is 0 Å². The number of hydrogen-bond acceptors (Lipinski definition) is 3. The topological polar surface area (TPSA) is 52.6 Å². The Morgan fingerprint density at radius 1 is 1.56 bits per heavy atom. The molecule has 1 saturated heterocycles. The number of carbonyl (C=O) groups excluding carboxylic acids is 1. The Labute approximate surface area is 97.0 Å². The van der Waals surface area contributed by atoms with Gasteiger partial charge in [0.15, 0.2) is 0 Å². The second kappa shape index (κ2) is 4.34. The van der Waals surface area contributed by atoms with E-state index in [1.165, 1.54) is 0 Å². The number of carbonyl (C=O) groups is 1. The second-order valence-corrected chi connectivity index (χ2v) is 5.35. The molecule has 2 aliphatic rings. The van der Waals surface area contributed by atoms with Crippen molar-refractivity contribution in [1.82, 2.24) is 10.2 Å². The van der Waals surface area contributed by atoms with E-state index in [1.807, 2.05) is 6.92 Å². The molecule has 0 aromatic heterocycles. The molecule has 2 unspecified atom stereocenters. The minimum absolute atomic E-state index is 0.0452. The van der Waals surface area contributed by atoms with Gasteiger partial charge >= 0.3 is 0 Å². The molecule has 16 heavy (non-hydrogen) atoms. The van der Waals surface area contributed by atoms with Crippen molar-refractivity contribution in [3.8, 4) is 0 Å². The van der Waals surface area contributed by atoms with Crippen molar-refractivity contribution in [2.75, 3.05) is 26.7 Å². The van der Waals surface area contributed by atoms with Gasteiger partial charge in [0, 0.05) is 13.0 Å². The Morgan fingerprint density at radius 3 is 2.75 bits per heavy atom. The van der Waals surface area contributed by atoms with E-state index in [4.69, 9.17) is 5.11 Å². The minimum Gasteiger partial charge on any atom is -0.394 e. The summed E-state index contributed by atoms with van der Waals surface area (Å²) >= 11 is 0. The highest BCUT2D eigenvalue weighted by Gasteiger charge is 2.58. The lowest BCUT2D eigenvalue weighted by molar-refractivity contribution is -0.134. The quantitative estimate of drug-likeness (QED) is 0.723. The van der Waals surface area contributed by atoms with Crippen LogP contribution in [0.4, 0.5) is 0 Å². The molecular formula is C12H22N2O2. The molecule has 1 aliphatic carbocycles. The molecule has 0 aromatic rings. The van der Waals surface area contributed by atoms with Gasteiger partial charge in [-0.2, -0.15) is 0 Å². The van der Waals surface area contributed by atoms with Crippen LogP contribution in [0.1, 0.15) is 26.2 Å². The van der Waals surface area contributed by atoms with E-state index in [0.29, 0.717) is 5.41 Å². The molecule has 2 rings (SSSR count). The third kappa shape index (κ3) is 1.96. The van der Waals surface area contributed by atoms with Crippen molar-refractivity contribution in [3.05, 3.63) is 0 Å². The van der Waals surface area contributed by atoms with Crippen LogP contribution in [0.25, 0.3) is 0 Å². The standard InChI is InChI=1S/C12H22N2O2/c1-9(8-15)14(2)11(16)10-7-12(10)3-5-13-6-4-12/h9-10,13,15H,3-8H2,1-2H3. The van der Waals surface area contributed by atoms with Crippen LogP contribution in [0.15, 0.2) is 0 Å². The van der Waals surface area contributed by atoms with Gasteiger partial charge in [0.05, 0.1) is 12.6 Å². The monoisotopic (exact) mass is 226 g/mol. The van der Waals surface area contributed by atoms with Crippen molar-refractivity contribution in [3.63, 3.8) is 0 Å². The van der Waals surface area contributed by atoms with Gasteiger partial charge in [0.1, 0.15) is 0 Å². The average molecular weight is 226 g/mol. The number of nitrogens with one attached hydrogen (secondary N) is 1. The SMILES string of the molecule is CC(CO)N(C)C(=O)C1CC12CCNCC2. The number of nitrogens with zero attached hydrogens (tertiary/aromatic N) is 1. The molecule has 1 spiro atoms. The van der Waals surface area contributed by atoms with E-state index in [2.05, 4.69) is 5.32 Å². The minimum atomic E-state index is -0.0631. The number of aliphatic hydroxyl groups is 1. The van der Waals surface area contributed by atoms with Gasteiger partial charge in [0.2, 0.25) is 5.91 Å². The molecule has 1 amide bonds. The summed E-state index contributed by atoms with van der Waals surface area (Å²) in [6.07, 6.45) is 3.31. The Bertz CT molecular complexity index is 274. The highest BCUT2D eigenvalue weighted by atomic mass is 16.3. The van der Waals surface area contributed by atoms with E-state index in [9.17, 15) is 4.79 Å². The molecule has 1 aliphatic heterocycles. The lowest BCUT2D eigenvalue weighted by Crippen LogP contribution is -2.40.